The van der Waals surface area contributed by atoms with Crippen LogP contribution in [0.1, 0.15) is 37.3 Å². The molecule has 1 aromatic rings. The minimum absolute atomic E-state index is 0. The number of benzene rings is 1. The van der Waals surface area contributed by atoms with Gasteiger partial charge in [0.2, 0.25) is 0 Å². The van der Waals surface area contributed by atoms with Crippen LogP contribution in [0, 0.1) is 0 Å². The second-order valence-corrected chi connectivity index (χ2v) is 7.21. The van der Waals surface area contributed by atoms with Gasteiger partial charge < -0.3 is 20.2 Å². The van der Waals surface area contributed by atoms with Crippen molar-refractivity contribution in [2.24, 2.45) is 4.99 Å². The van der Waals surface area contributed by atoms with Gasteiger partial charge in [0, 0.05) is 39.8 Å². The van der Waals surface area contributed by atoms with Crippen molar-refractivity contribution >= 4 is 29.9 Å². The minimum atomic E-state index is -4.31. The number of alkyl halides is 3. The number of nitrogens with zero attached hydrogens (tertiary/aromatic N) is 3. The molecule has 1 fully saturated rings. The van der Waals surface area contributed by atoms with Crippen molar-refractivity contribution < 1.29 is 18.3 Å². The Balaban J connectivity index is 0.00000420. The molecule has 0 spiro atoms. The molecular formula is C20H32F3IN4O. The summed E-state index contributed by atoms with van der Waals surface area (Å²) in [5.74, 6) is 0.747. The number of hydrogen-bond acceptors (Lipinski definition) is 3. The van der Waals surface area contributed by atoms with E-state index in [0.29, 0.717) is 13.1 Å². The van der Waals surface area contributed by atoms with Crippen molar-refractivity contribution in [1.82, 2.24) is 15.1 Å². The average molecular weight is 528 g/mol. The highest BCUT2D eigenvalue weighted by atomic mass is 127. The van der Waals surface area contributed by atoms with Crippen molar-refractivity contribution in [3.05, 3.63) is 35.4 Å². The fourth-order valence-electron chi connectivity index (χ4n) is 3.24. The van der Waals surface area contributed by atoms with Crippen LogP contribution in [0.4, 0.5) is 13.2 Å². The molecule has 0 saturated carbocycles. The van der Waals surface area contributed by atoms with Gasteiger partial charge in [0.15, 0.2) is 5.96 Å². The molecule has 2 N–H and O–H groups in total. The number of piperidine rings is 1. The number of aliphatic imine (C=N–C) groups is 1. The number of likely N-dealkylation sites (tertiary alicyclic amines) is 1. The quantitative estimate of drug-likeness (QED) is 0.246. The number of guanidine groups is 1. The molecule has 1 aliphatic heterocycles. The Morgan fingerprint density at radius 2 is 1.86 bits per heavy atom. The number of hydrogen-bond donors (Lipinski definition) is 2. The molecule has 1 heterocycles. The molecule has 0 unspecified atom stereocenters. The van der Waals surface area contributed by atoms with E-state index in [2.05, 4.69) is 15.2 Å². The zero-order chi connectivity index (χ0) is 20.6. The first-order valence-corrected chi connectivity index (χ1v) is 9.85. The lowest BCUT2D eigenvalue weighted by Crippen LogP contribution is -2.39. The molecule has 9 heteroatoms. The van der Waals surface area contributed by atoms with Gasteiger partial charge in [0.25, 0.3) is 0 Å². The first-order valence-electron chi connectivity index (χ1n) is 9.85. The molecule has 1 saturated heterocycles. The maximum Gasteiger partial charge on any atom is 0.416 e. The summed E-state index contributed by atoms with van der Waals surface area (Å²) < 4.78 is 38.0. The highest BCUT2D eigenvalue weighted by Crippen LogP contribution is 2.29. The highest BCUT2D eigenvalue weighted by molar-refractivity contribution is 14.0. The van der Waals surface area contributed by atoms with E-state index in [1.165, 1.54) is 12.1 Å². The first-order chi connectivity index (χ1) is 13.3. The molecule has 0 atom stereocenters. The zero-order valence-corrected chi connectivity index (χ0v) is 19.4. The summed E-state index contributed by atoms with van der Waals surface area (Å²) in [6.07, 6.45) is -1.87. The third kappa shape index (κ3) is 9.08. The monoisotopic (exact) mass is 528 g/mol. The number of nitrogens with one attached hydrogen (secondary N) is 1. The fraction of sp³-hybridized carbons (Fsp3) is 0.650. The van der Waals surface area contributed by atoms with Crippen molar-refractivity contribution in [2.75, 3.05) is 39.8 Å². The Labute approximate surface area is 188 Å². The molecule has 0 amide bonds. The lowest BCUT2D eigenvalue weighted by Gasteiger charge is -2.29. The normalized spacial score (nSPS) is 16.4. The average Bonchev–Trinajstić information content (AvgIpc) is 2.65. The fourth-order valence-corrected chi connectivity index (χ4v) is 3.24. The lowest BCUT2D eigenvalue weighted by atomic mass is 10.1. The Kier molecular flexibility index (Phi) is 11.3. The van der Waals surface area contributed by atoms with Gasteiger partial charge in [0.1, 0.15) is 0 Å². The second-order valence-electron chi connectivity index (χ2n) is 7.21. The Morgan fingerprint density at radius 1 is 1.24 bits per heavy atom. The van der Waals surface area contributed by atoms with Crippen molar-refractivity contribution in [3.8, 4) is 0 Å². The Hall–Kier alpha value is -1.07. The molecule has 0 bridgehead atoms. The SMILES string of the molecule is CCNC(=NCCCN1CCC(O)CC1)N(C)Cc1ccc(C(F)(F)F)cc1.I. The topological polar surface area (TPSA) is 51.1 Å². The largest absolute Gasteiger partial charge is 0.416 e. The number of aliphatic hydroxyl groups is 1. The second kappa shape index (κ2) is 12.6. The highest BCUT2D eigenvalue weighted by Gasteiger charge is 2.29. The van der Waals surface area contributed by atoms with E-state index in [0.717, 1.165) is 69.1 Å². The van der Waals surface area contributed by atoms with Crippen LogP contribution in [0.2, 0.25) is 0 Å². The molecule has 0 aliphatic carbocycles. The van der Waals surface area contributed by atoms with Crippen LogP contribution in [0.5, 0.6) is 0 Å². The molecule has 0 radical (unpaired) electrons. The van der Waals surface area contributed by atoms with Crippen LogP contribution >= 0.6 is 24.0 Å². The summed E-state index contributed by atoms with van der Waals surface area (Å²) in [5, 5.41) is 12.8. The van der Waals surface area contributed by atoms with Gasteiger partial charge in [0.05, 0.1) is 11.7 Å². The van der Waals surface area contributed by atoms with Crippen molar-refractivity contribution in [2.45, 2.75) is 45.0 Å². The van der Waals surface area contributed by atoms with Gasteiger partial charge in [-0.3, -0.25) is 4.99 Å². The number of rotatable bonds is 7. The summed E-state index contributed by atoms with van der Waals surface area (Å²) >= 11 is 0. The third-order valence-electron chi connectivity index (χ3n) is 4.85. The molecule has 166 valence electrons. The van der Waals surface area contributed by atoms with Crippen LogP contribution in [0.3, 0.4) is 0 Å². The zero-order valence-electron chi connectivity index (χ0n) is 17.1. The third-order valence-corrected chi connectivity index (χ3v) is 4.85. The van der Waals surface area contributed by atoms with Gasteiger partial charge in [-0.2, -0.15) is 13.2 Å². The summed E-state index contributed by atoms with van der Waals surface area (Å²) in [5.41, 5.74) is 0.165. The van der Waals surface area contributed by atoms with Gasteiger partial charge >= 0.3 is 6.18 Å². The molecular weight excluding hydrogens is 496 g/mol. The van der Waals surface area contributed by atoms with Crippen LogP contribution in [0.15, 0.2) is 29.3 Å². The minimum Gasteiger partial charge on any atom is -0.393 e. The van der Waals surface area contributed by atoms with Gasteiger partial charge in [-0.15, -0.1) is 24.0 Å². The number of halogens is 4. The van der Waals surface area contributed by atoms with E-state index in [4.69, 9.17) is 0 Å². The van der Waals surface area contributed by atoms with E-state index in [9.17, 15) is 18.3 Å². The van der Waals surface area contributed by atoms with E-state index >= 15 is 0 Å². The molecule has 1 aromatic carbocycles. The van der Waals surface area contributed by atoms with E-state index < -0.39 is 11.7 Å². The summed E-state index contributed by atoms with van der Waals surface area (Å²) in [4.78, 5) is 8.91. The van der Waals surface area contributed by atoms with Crippen LogP contribution < -0.4 is 5.32 Å². The molecule has 1 aliphatic rings. The number of aliphatic hydroxyl groups excluding tert-OH is 1. The Bertz CT molecular complexity index is 617. The predicted molar refractivity (Wildman–Crippen MR) is 121 cm³/mol. The van der Waals surface area contributed by atoms with E-state index in [1.54, 1.807) is 0 Å². The first kappa shape index (κ1) is 26.0. The summed E-state index contributed by atoms with van der Waals surface area (Å²) in [6.45, 7) is 6.68. The molecule has 0 aromatic heterocycles. The van der Waals surface area contributed by atoms with Crippen LogP contribution in [0.25, 0.3) is 0 Å². The maximum absolute atomic E-state index is 12.7. The van der Waals surface area contributed by atoms with Gasteiger partial charge in [-0.25, -0.2) is 0 Å². The molecule has 29 heavy (non-hydrogen) atoms. The standard InChI is InChI=1S/C20H31F3N4O.HI/c1-3-24-19(25-11-4-12-27-13-9-18(28)10-14-27)26(2)15-16-5-7-17(8-6-16)20(21,22)23;/h5-8,18,28H,3-4,9-15H2,1-2H3,(H,24,25);1H. The Morgan fingerprint density at radius 3 is 2.41 bits per heavy atom. The molecule has 5 nitrogen and oxygen atoms in total. The smallest absolute Gasteiger partial charge is 0.393 e. The van der Waals surface area contributed by atoms with Crippen LogP contribution in [-0.2, 0) is 12.7 Å². The van der Waals surface area contributed by atoms with Crippen molar-refractivity contribution in [3.63, 3.8) is 0 Å². The van der Waals surface area contributed by atoms with E-state index in [1.807, 2.05) is 18.9 Å². The predicted octanol–water partition coefficient (Wildman–Crippen LogP) is 3.57. The summed E-state index contributed by atoms with van der Waals surface area (Å²) in [6, 6.07) is 5.24. The summed E-state index contributed by atoms with van der Waals surface area (Å²) in [7, 11) is 1.88. The van der Waals surface area contributed by atoms with Gasteiger partial charge in [-0.05, 0) is 50.4 Å². The van der Waals surface area contributed by atoms with Gasteiger partial charge in [-0.1, -0.05) is 12.1 Å². The maximum atomic E-state index is 12.7. The lowest BCUT2D eigenvalue weighted by molar-refractivity contribution is -0.137. The molecule has 2 rings (SSSR count). The van der Waals surface area contributed by atoms with Crippen LogP contribution in [-0.4, -0.2) is 66.7 Å². The van der Waals surface area contributed by atoms with Crippen molar-refractivity contribution in [1.29, 1.82) is 0 Å². The van der Waals surface area contributed by atoms with E-state index in [-0.39, 0.29) is 30.1 Å².